The summed E-state index contributed by atoms with van der Waals surface area (Å²) in [6.45, 7) is 3.49. The SMILES string of the molecule is C[C@H](NC(=O)[C@@H](C)NC(N)=O)c1ccc2ccccc2c1. The van der Waals surface area contributed by atoms with E-state index in [1.165, 1.54) is 0 Å². The Hall–Kier alpha value is -2.56. The number of rotatable bonds is 4. The Bertz CT molecular complexity index is 669. The fourth-order valence-electron chi connectivity index (χ4n) is 2.18. The van der Waals surface area contributed by atoms with E-state index in [4.69, 9.17) is 5.73 Å². The molecule has 0 saturated carbocycles. The fraction of sp³-hybridized carbons (Fsp3) is 0.250. The smallest absolute Gasteiger partial charge is 0.312 e. The molecular weight excluding hydrogens is 266 g/mol. The van der Waals surface area contributed by atoms with Gasteiger partial charge in [-0.15, -0.1) is 0 Å². The number of benzene rings is 2. The molecule has 0 aromatic heterocycles. The Morgan fingerprint density at radius 3 is 2.33 bits per heavy atom. The first-order valence-electron chi connectivity index (χ1n) is 6.82. The van der Waals surface area contributed by atoms with Crippen molar-refractivity contribution in [2.24, 2.45) is 5.73 Å². The number of carbonyl (C=O) groups excluding carboxylic acids is 2. The number of amides is 3. The number of primary amides is 1. The van der Waals surface area contributed by atoms with Crippen molar-refractivity contribution in [1.29, 1.82) is 0 Å². The molecule has 110 valence electrons. The first-order valence-corrected chi connectivity index (χ1v) is 6.82. The van der Waals surface area contributed by atoms with Crippen molar-refractivity contribution in [2.75, 3.05) is 0 Å². The van der Waals surface area contributed by atoms with Gasteiger partial charge in [-0.25, -0.2) is 4.79 Å². The molecule has 3 amide bonds. The second-order valence-electron chi connectivity index (χ2n) is 5.07. The minimum absolute atomic E-state index is 0.153. The highest BCUT2D eigenvalue weighted by molar-refractivity contribution is 5.87. The van der Waals surface area contributed by atoms with Gasteiger partial charge >= 0.3 is 6.03 Å². The molecule has 2 atom stereocenters. The van der Waals surface area contributed by atoms with Gasteiger partial charge in [0.2, 0.25) is 5.91 Å². The van der Waals surface area contributed by atoms with Crippen molar-refractivity contribution in [3.05, 3.63) is 48.0 Å². The van der Waals surface area contributed by atoms with Gasteiger partial charge in [0.1, 0.15) is 6.04 Å². The maximum atomic E-state index is 11.9. The van der Waals surface area contributed by atoms with Crippen molar-refractivity contribution < 1.29 is 9.59 Å². The van der Waals surface area contributed by atoms with Crippen molar-refractivity contribution in [2.45, 2.75) is 25.9 Å². The summed E-state index contributed by atoms with van der Waals surface area (Å²) in [6, 6.07) is 12.6. The Morgan fingerprint density at radius 2 is 1.67 bits per heavy atom. The van der Waals surface area contributed by atoms with E-state index >= 15 is 0 Å². The molecule has 4 N–H and O–H groups in total. The molecule has 2 aromatic rings. The van der Waals surface area contributed by atoms with Crippen molar-refractivity contribution in [1.82, 2.24) is 10.6 Å². The number of nitrogens with one attached hydrogen (secondary N) is 2. The molecule has 0 spiro atoms. The van der Waals surface area contributed by atoms with Gasteiger partial charge in [-0.1, -0.05) is 36.4 Å². The molecule has 0 aliphatic heterocycles. The van der Waals surface area contributed by atoms with E-state index in [-0.39, 0.29) is 11.9 Å². The minimum Gasteiger partial charge on any atom is -0.352 e. The van der Waals surface area contributed by atoms with E-state index in [0.717, 1.165) is 16.3 Å². The van der Waals surface area contributed by atoms with Crippen LogP contribution in [0.4, 0.5) is 4.79 Å². The lowest BCUT2D eigenvalue weighted by Crippen LogP contribution is -2.47. The molecule has 5 nitrogen and oxygen atoms in total. The second kappa shape index (κ2) is 6.26. The highest BCUT2D eigenvalue weighted by atomic mass is 16.2. The lowest BCUT2D eigenvalue weighted by atomic mass is 10.0. The predicted octanol–water partition coefficient (Wildman–Crippen LogP) is 2.07. The monoisotopic (exact) mass is 285 g/mol. The molecule has 0 unspecified atom stereocenters. The van der Waals surface area contributed by atoms with Gasteiger partial charge < -0.3 is 16.4 Å². The van der Waals surface area contributed by atoms with E-state index in [2.05, 4.69) is 10.6 Å². The number of carbonyl (C=O) groups is 2. The van der Waals surface area contributed by atoms with Gasteiger partial charge in [0.05, 0.1) is 6.04 Å². The molecule has 0 fully saturated rings. The molecule has 21 heavy (non-hydrogen) atoms. The third-order valence-corrected chi connectivity index (χ3v) is 3.38. The van der Waals surface area contributed by atoms with Crippen LogP contribution in [0.3, 0.4) is 0 Å². The third kappa shape index (κ3) is 3.72. The van der Waals surface area contributed by atoms with Crippen LogP contribution in [-0.4, -0.2) is 18.0 Å². The summed E-state index contributed by atoms with van der Waals surface area (Å²) >= 11 is 0. The lowest BCUT2D eigenvalue weighted by molar-refractivity contribution is -0.123. The quantitative estimate of drug-likeness (QED) is 0.803. The summed E-state index contributed by atoms with van der Waals surface area (Å²) < 4.78 is 0. The predicted molar refractivity (Wildman–Crippen MR) is 82.7 cm³/mol. The average Bonchev–Trinajstić information content (AvgIpc) is 2.45. The van der Waals surface area contributed by atoms with Crippen LogP contribution in [0.5, 0.6) is 0 Å². The van der Waals surface area contributed by atoms with Crippen LogP contribution in [0.15, 0.2) is 42.5 Å². The number of fused-ring (bicyclic) bond motifs is 1. The van der Waals surface area contributed by atoms with Crippen LogP contribution in [0.1, 0.15) is 25.5 Å². The maximum Gasteiger partial charge on any atom is 0.312 e. The normalized spacial score (nSPS) is 13.4. The number of nitrogens with two attached hydrogens (primary N) is 1. The summed E-state index contributed by atoms with van der Waals surface area (Å²) in [6.07, 6.45) is 0. The lowest BCUT2D eigenvalue weighted by Gasteiger charge is -2.18. The Labute approximate surface area is 123 Å². The van der Waals surface area contributed by atoms with Crippen LogP contribution < -0.4 is 16.4 Å². The largest absolute Gasteiger partial charge is 0.352 e. The van der Waals surface area contributed by atoms with Crippen LogP contribution in [0.25, 0.3) is 10.8 Å². The zero-order chi connectivity index (χ0) is 15.4. The standard InChI is InChI=1S/C16H19N3O2/c1-10(18-15(20)11(2)19-16(17)21)13-8-7-12-5-3-4-6-14(12)9-13/h3-11H,1-2H3,(H,18,20)(H3,17,19,21)/t10-,11+/m0/s1. The molecule has 0 bridgehead atoms. The zero-order valence-corrected chi connectivity index (χ0v) is 12.1. The number of hydrogen-bond acceptors (Lipinski definition) is 2. The van der Waals surface area contributed by atoms with Crippen LogP contribution in [-0.2, 0) is 4.79 Å². The average molecular weight is 285 g/mol. The summed E-state index contributed by atoms with van der Waals surface area (Å²) in [5, 5.41) is 7.49. The van der Waals surface area contributed by atoms with E-state index in [0.29, 0.717) is 0 Å². The zero-order valence-electron chi connectivity index (χ0n) is 12.1. The summed E-state index contributed by atoms with van der Waals surface area (Å²) in [4.78, 5) is 22.7. The van der Waals surface area contributed by atoms with Crippen LogP contribution in [0.2, 0.25) is 0 Å². The van der Waals surface area contributed by atoms with Crippen molar-refractivity contribution in [3.63, 3.8) is 0 Å². The van der Waals surface area contributed by atoms with Gasteiger partial charge in [0.25, 0.3) is 0 Å². The first kappa shape index (κ1) is 14.8. The second-order valence-corrected chi connectivity index (χ2v) is 5.07. The van der Waals surface area contributed by atoms with Crippen LogP contribution >= 0.6 is 0 Å². The highest BCUT2D eigenvalue weighted by Crippen LogP contribution is 2.20. The summed E-state index contributed by atoms with van der Waals surface area (Å²) in [5.74, 6) is -0.269. The first-order chi connectivity index (χ1) is 9.97. The van der Waals surface area contributed by atoms with Gasteiger partial charge in [0.15, 0.2) is 0 Å². The fourth-order valence-corrected chi connectivity index (χ4v) is 2.18. The van der Waals surface area contributed by atoms with Gasteiger partial charge in [-0.2, -0.15) is 0 Å². The van der Waals surface area contributed by atoms with Gasteiger partial charge in [0, 0.05) is 0 Å². The molecule has 0 saturated heterocycles. The molecule has 2 aromatic carbocycles. The third-order valence-electron chi connectivity index (χ3n) is 3.38. The molecule has 5 heteroatoms. The Kier molecular flexibility index (Phi) is 4.42. The maximum absolute atomic E-state index is 11.9. The molecule has 0 aliphatic rings. The molecule has 0 aliphatic carbocycles. The molecule has 0 heterocycles. The number of hydrogen-bond donors (Lipinski definition) is 3. The summed E-state index contributed by atoms with van der Waals surface area (Å²) in [7, 11) is 0. The molecule has 2 rings (SSSR count). The van der Waals surface area contributed by atoms with E-state index in [1.54, 1.807) is 6.92 Å². The van der Waals surface area contributed by atoms with Crippen molar-refractivity contribution >= 4 is 22.7 Å². The van der Waals surface area contributed by atoms with E-state index < -0.39 is 12.1 Å². The Morgan fingerprint density at radius 1 is 1.00 bits per heavy atom. The minimum atomic E-state index is -0.712. The summed E-state index contributed by atoms with van der Waals surface area (Å²) in [5.41, 5.74) is 6.01. The van der Waals surface area contributed by atoms with Gasteiger partial charge in [-0.3, -0.25) is 4.79 Å². The van der Waals surface area contributed by atoms with Gasteiger partial charge in [-0.05, 0) is 36.2 Å². The van der Waals surface area contributed by atoms with E-state index in [1.807, 2.05) is 49.4 Å². The molecule has 0 radical (unpaired) electrons. The van der Waals surface area contributed by atoms with E-state index in [9.17, 15) is 9.59 Å². The number of urea groups is 1. The highest BCUT2D eigenvalue weighted by Gasteiger charge is 2.17. The molecular formula is C16H19N3O2. The Balaban J connectivity index is 2.09. The van der Waals surface area contributed by atoms with Crippen LogP contribution in [0, 0.1) is 0 Å². The van der Waals surface area contributed by atoms with Crippen molar-refractivity contribution in [3.8, 4) is 0 Å². The topological polar surface area (TPSA) is 84.2 Å².